The van der Waals surface area contributed by atoms with Crippen LogP contribution in [0.5, 0.6) is 11.5 Å². The van der Waals surface area contributed by atoms with Gasteiger partial charge >= 0.3 is 0 Å². The fourth-order valence-corrected chi connectivity index (χ4v) is 2.39. The van der Waals surface area contributed by atoms with Crippen LogP contribution in [0.15, 0.2) is 34.8 Å². The summed E-state index contributed by atoms with van der Waals surface area (Å²) in [6.07, 6.45) is 0. The lowest BCUT2D eigenvalue weighted by Crippen LogP contribution is -2.03. The van der Waals surface area contributed by atoms with E-state index in [2.05, 4.69) is 21.2 Å². The largest absolute Gasteiger partial charge is 0.454 e. The van der Waals surface area contributed by atoms with E-state index in [1.807, 2.05) is 0 Å². The van der Waals surface area contributed by atoms with Crippen LogP contribution in [0.3, 0.4) is 0 Å². The zero-order valence-corrected chi connectivity index (χ0v) is 11.8. The number of hydrogen-bond donors (Lipinski definition) is 1. The average molecular weight is 342 g/mol. The zero-order chi connectivity index (χ0) is 14.1. The smallest absolute Gasteiger partial charge is 0.231 e. The molecule has 3 nitrogen and oxygen atoms in total. The molecule has 1 aliphatic heterocycles. The fourth-order valence-electron chi connectivity index (χ4n) is 1.93. The van der Waals surface area contributed by atoms with Crippen molar-refractivity contribution < 1.29 is 18.3 Å². The van der Waals surface area contributed by atoms with Crippen LogP contribution in [0.2, 0.25) is 0 Å². The van der Waals surface area contributed by atoms with Gasteiger partial charge in [-0.1, -0.05) is 22.0 Å². The topological polar surface area (TPSA) is 30.5 Å². The Hall–Kier alpha value is -1.82. The number of nitrogens with one attached hydrogen (secondary N) is 1. The predicted molar refractivity (Wildman–Crippen MR) is 73.9 cm³/mol. The van der Waals surface area contributed by atoms with E-state index in [9.17, 15) is 8.78 Å². The van der Waals surface area contributed by atoms with Crippen molar-refractivity contribution in [3.63, 3.8) is 0 Å². The summed E-state index contributed by atoms with van der Waals surface area (Å²) < 4.78 is 38.0. The minimum absolute atomic E-state index is 0.120. The Balaban J connectivity index is 1.80. The Kier molecular flexibility index (Phi) is 3.48. The molecule has 1 heterocycles. The van der Waals surface area contributed by atoms with Crippen LogP contribution in [0.1, 0.15) is 5.56 Å². The van der Waals surface area contributed by atoms with Gasteiger partial charge in [-0.3, -0.25) is 0 Å². The molecule has 1 N–H and O–H groups in total. The first kappa shape index (κ1) is 13.2. The highest BCUT2D eigenvalue weighted by atomic mass is 79.9. The molecule has 0 saturated carbocycles. The van der Waals surface area contributed by atoms with Crippen LogP contribution in [-0.2, 0) is 6.54 Å². The van der Waals surface area contributed by atoms with Gasteiger partial charge in [0.1, 0.15) is 0 Å². The van der Waals surface area contributed by atoms with Crippen molar-refractivity contribution in [2.24, 2.45) is 0 Å². The summed E-state index contributed by atoms with van der Waals surface area (Å²) in [5.41, 5.74) is 0.979. The number of rotatable bonds is 3. The Morgan fingerprint density at radius 3 is 2.70 bits per heavy atom. The van der Waals surface area contributed by atoms with Crippen LogP contribution in [0.25, 0.3) is 0 Å². The van der Waals surface area contributed by atoms with E-state index in [0.29, 0.717) is 18.0 Å². The molecule has 3 rings (SSSR count). The first-order valence-corrected chi connectivity index (χ1v) is 6.70. The van der Waals surface area contributed by atoms with Crippen LogP contribution >= 0.6 is 15.9 Å². The quantitative estimate of drug-likeness (QED) is 0.912. The molecular formula is C14H10BrF2NO2. The molecule has 2 aromatic carbocycles. The van der Waals surface area contributed by atoms with Gasteiger partial charge in [0.2, 0.25) is 6.79 Å². The van der Waals surface area contributed by atoms with Gasteiger partial charge in [0, 0.05) is 11.0 Å². The summed E-state index contributed by atoms with van der Waals surface area (Å²) in [7, 11) is 0. The summed E-state index contributed by atoms with van der Waals surface area (Å²) in [4.78, 5) is 0. The SMILES string of the molecule is Fc1cccc(NCc2cc3c(cc2Br)OCO3)c1F. The minimum atomic E-state index is -0.885. The minimum Gasteiger partial charge on any atom is -0.454 e. The third-order valence-corrected chi connectivity index (χ3v) is 3.70. The van der Waals surface area contributed by atoms with E-state index in [1.165, 1.54) is 12.1 Å². The molecule has 0 fully saturated rings. The van der Waals surface area contributed by atoms with Crippen molar-refractivity contribution in [2.75, 3.05) is 12.1 Å². The lowest BCUT2D eigenvalue weighted by atomic mass is 10.2. The van der Waals surface area contributed by atoms with Crippen molar-refractivity contribution in [3.05, 3.63) is 52.0 Å². The lowest BCUT2D eigenvalue weighted by Gasteiger charge is -2.10. The van der Waals surface area contributed by atoms with Crippen molar-refractivity contribution in [2.45, 2.75) is 6.54 Å². The molecule has 0 bridgehead atoms. The van der Waals surface area contributed by atoms with E-state index in [0.717, 1.165) is 16.1 Å². The summed E-state index contributed by atoms with van der Waals surface area (Å²) in [5, 5.41) is 2.86. The number of anilines is 1. The normalized spacial score (nSPS) is 12.6. The molecule has 0 aromatic heterocycles. The summed E-state index contributed by atoms with van der Waals surface area (Å²) in [6, 6.07) is 7.61. The molecular weight excluding hydrogens is 332 g/mol. The average Bonchev–Trinajstić information content (AvgIpc) is 2.87. The van der Waals surface area contributed by atoms with Crippen molar-refractivity contribution in [1.82, 2.24) is 0 Å². The maximum atomic E-state index is 13.5. The molecule has 0 unspecified atom stereocenters. The Labute approximate surface area is 122 Å². The summed E-state index contributed by atoms with van der Waals surface area (Å²) >= 11 is 3.41. The molecule has 2 aromatic rings. The molecule has 0 saturated heterocycles. The van der Waals surface area contributed by atoms with Crippen LogP contribution in [0, 0.1) is 11.6 Å². The second-order valence-electron chi connectivity index (χ2n) is 4.25. The zero-order valence-electron chi connectivity index (χ0n) is 10.3. The standard InChI is InChI=1S/C14H10BrF2NO2/c15-9-5-13-12(19-7-20-13)4-8(9)6-18-11-3-1-2-10(16)14(11)17/h1-5,18H,6-7H2. The van der Waals surface area contributed by atoms with Gasteiger partial charge in [0.05, 0.1) is 5.69 Å². The van der Waals surface area contributed by atoms with Crippen LogP contribution < -0.4 is 14.8 Å². The maximum absolute atomic E-state index is 13.5. The maximum Gasteiger partial charge on any atom is 0.231 e. The monoisotopic (exact) mass is 341 g/mol. The first-order valence-electron chi connectivity index (χ1n) is 5.91. The Bertz CT molecular complexity index is 664. The summed E-state index contributed by atoms with van der Waals surface area (Å²) in [5.74, 6) is -0.452. The number of fused-ring (bicyclic) bond motifs is 1. The third kappa shape index (κ3) is 2.43. The van der Waals surface area contributed by atoms with Gasteiger partial charge in [-0.2, -0.15) is 0 Å². The highest BCUT2D eigenvalue weighted by Gasteiger charge is 2.16. The Morgan fingerprint density at radius 2 is 1.90 bits per heavy atom. The molecule has 0 spiro atoms. The number of hydrogen-bond acceptors (Lipinski definition) is 3. The molecule has 0 radical (unpaired) electrons. The van der Waals surface area contributed by atoms with Gasteiger partial charge in [0.25, 0.3) is 0 Å². The van der Waals surface area contributed by atoms with Gasteiger partial charge in [-0.15, -0.1) is 0 Å². The fraction of sp³-hybridized carbons (Fsp3) is 0.143. The van der Waals surface area contributed by atoms with Crippen molar-refractivity contribution in [3.8, 4) is 11.5 Å². The number of halogens is 3. The first-order chi connectivity index (χ1) is 9.65. The van der Waals surface area contributed by atoms with Gasteiger partial charge in [-0.25, -0.2) is 8.78 Å². The number of benzene rings is 2. The van der Waals surface area contributed by atoms with E-state index in [4.69, 9.17) is 9.47 Å². The second kappa shape index (κ2) is 5.28. The van der Waals surface area contributed by atoms with Gasteiger partial charge in [0.15, 0.2) is 23.1 Å². The van der Waals surface area contributed by atoms with E-state index in [-0.39, 0.29) is 12.5 Å². The molecule has 104 valence electrons. The highest BCUT2D eigenvalue weighted by molar-refractivity contribution is 9.10. The van der Waals surface area contributed by atoms with E-state index < -0.39 is 11.6 Å². The molecule has 0 amide bonds. The second-order valence-corrected chi connectivity index (χ2v) is 5.11. The van der Waals surface area contributed by atoms with E-state index in [1.54, 1.807) is 12.1 Å². The lowest BCUT2D eigenvalue weighted by molar-refractivity contribution is 0.174. The van der Waals surface area contributed by atoms with Crippen LogP contribution in [0.4, 0.5) is 14.5 Å². The molecule has 20 heavy (non-hydrogen) atoms. The highest BCUT2D eigenvalue weighted by Crippen LogP contribution is 2.37. The third-order valence-electron chi connectivity index (χ3n) is 2.96. The van der Waals surface area contributed by atoms with Gasteiger partial charge in [-0.05, 0) is 29.8 Å². The molecule has 0 atom stereocenters. The van der Waals surface area contributed by atoms with Crippen LogP contribution in [-0.4, -0.2) is 6.79 Å². The van der Waals surface area contributed by atoms with Crippen molar-refractivity contribution in [1.29, 1.82) is 0 Å². The molecule has 0 aliphatic carbocycles. The Morgan fingerprint density at radius 1 is 1.15 bits per heavy atom. The molecule has 6 heteroatoms. The van der Waals surface area contributed by atoms with E-state index >= 15 is 0 Å². The number of ether oxygens (including phenoxy) is 2. The van der Waals surface area contributed by atoms with Gasteiger partial charge < -0.3 is 14.8 Å². The predicted octanol–water partition coefficient (Wildman–Crippen LogP) is 4.07. The summed E-state index contributed by atoms with van der Waals surface area (Å²) in [6.45, 7) is 0.523. The molecule has 1 aliphatic rings. The van der Waals surface area contributed by atoms with Crippen molar-refractivity contribution >= 4 is 21.6 Å².